The minimum absolute atomic E-state index is 0.294. The molecule has 0 radical (unpaired) electrons. The number of para-hydroxylation sites is 1. The molecule has 0 fully saturated rings. The number of hydrogen-bond donors (Lipinski definition) is 1. The summed E-state index contributed by atoms with van der Waals surface area (Å²) in [4.78, 5) is 8.77. The molecule has 3 nitrogen and oxygen atoms in total. The van der Waals surface area contributed by atoms with E-state index in [9.17, 15) is 8.78 Å². The van der Waals surface area contributed by atoms with E-state index in [1.165, 1.54) is 12.1 Å². The molecule has 1 heterocycles. The van der Waals surface area contributed by atoms with Gasteiger partial charge in [0.2, 0.25) is 0 Å². The topological polar surface area (TPSA) is 37.8 Å². The number of benzene rings is 2. The molecule has 0 aliphatic rings. The van der Waals surface area contributed by atoms with Crippen LogP contribution in [-0.4, -0.2) is 16.5 Å². The number of halogens is 2. The van der Waals surface area contributed by atoms with Crippen molar-refractivity contribution < 1.29 is 8.78 Å². The first kappa shape index (κ1) is 13.4. The quantitative estimate of drug-likeness (QED) is 0.790. The van der Waals surface area contributed by atoms with E-state index in [-0.39, 0.29) is 0 Å². The molecule has 0 saturated heterocycles. The molecule has 0 aliphatic heterocycles. The van der Waals surface area contributed by atoms with E-state index in [0.717, 1.165) is 17.0 Å². The van der Waals surface area contributed by atoms with E-state index in [0.29, 0.717) is 23.8 Å². The average Bonchev–Trinajstić information content (AvgIpc) is 2.46. The van der Waals surface area contributed by atoms with Gasteiger partial charge < -0.3 is 5.32 Å². The molecule has 0 aliphatic carbocycles. The highest BCUT2D eigenvalue weighted by atomic mass is 19.1. The van der Waals surface area contributed by atoms with Crippen molar-refractivity contribution in [2.75, 3.05) is 11.9 Å². The Bertz CT molecular complexity index is 782. The maximum absolute atomic E-state index is 13.4. The van der Waals surface area contributed by atoms with Crippen LogP contribution in [0.25, 0.3) is 22.3 Å². The Labute approximate surface area is 120 Å². The summed E-state index contributed by atoms with van der Waals surface area (Å²) in [5.74, 6) is -0.343. The second kappa shape index (κ2) is 5.44. The summed E-state index contributed by atoms with van der Waals surface area (Å²) < 4.78 is 26.7. The second-order valence-corrected chi connectivity index (χ2v) is 4.60. The predicted molar refractivity (Wildman–Crippen MR) is 79.1 cm³/mol. The van der Waals surface area contributed by atoms with Gasteiger partial charge in [0.25, 0.3) is 0 Å². The van der Waals surface area contributed by atoms with Gasteiger partial charge in [-0.2, -0.15) is 0 Å². The summed E-state index contributed by atoms with van der Waals surface area (Å²) in [6.45, 7) is 2.65. The molecule has 0 saturated carbocycles. The predicted octanol–water partition coefficient (Wildman–Crippen LogP) is 4.01. The molecule has 0 amide bonds. The average molecular weight is 285 g/mol. The molecular formula is C16H13F2N3. The first-order valence-electron chi connectivity index (χ1n) is 6.64. The molecule has 0 unspecified atom stereocenters. The van der Waals surface area contributed by atoms with E-state index in [4.69, 9.17) is 0 Å². The van der Waals surface area contributed by atoms with Crippen molar-refractivity contribution in [3.05, 3.63) is 54.1 Å². The van der Waals surface area contributed by atoms with Crippen LogP contribution in [0.1, 0.15) is 6.92 Å². The Morgan fingerprint density at radius 3 is 2.43 bits per heavy atom. The summed E-state index contributed by atoms with van der Waals surface area (Å²) in [7, 11) is 0. The monoisotopic (exact) mass is 285 g/mol. The summed E-state index contributed by atoms with van der Waals surface area (Å²) in [5.41, 5.74) is 1.04. The number of fused-ring (bicyclic) bond motifs is 1. The smallest absolute Gasteiger partial charge is 0.162 e. The van der Waals surface area contributed by atoms with Crippen molar-refractivity contribution in [2.45, 2.75) is 6.92 Å². The van der Waals surface area contributed by atoms with Crippen molar-refractivity contribution >= 4 is 16.7 Å². The molecule has 0 atom stereocenters. The van der Waals surface area contributed by atoms with Crippen LogP contribution in [0.5, 0.6) is 0 Å². The standard InChI is InChI=1S/C16H13F2N3/c1-2-19-16-13-5-3-4-6-14(13)20-15(21-16)10-7-11(17)9-12(18)8-10/h3-9H,2H2,1H3,(H,19,20,21). The summed E-state index contributed by atoms with van der Waals surface area (Å²) in [6, 6.07) is 10.8. The minimum Gasteiger partial charge on any atom is -0.370 e. The molecule has 21 heavy (non-hydrogen) atoms. The Kier molecular flexibility index (Phi) is 3.48. The van der Waals surface area contributed by atoms with Crippen molar-refractivity contribution in [3.63, 3.8) is 0 Å². The number of nitrogens with one attached hydrogen (secondary N) is 1. The maximum Gasteiger partial charge on any atom is 0.162 e. The highest BCUT2D eigenvalue weighted by Gasteiger charge is 2.10. The number of rotatable bonds is 3. The minimum atomic E-state index is -0.647. The highest BCUT2D eigenvalue weighted by Crippen LogP contribution is 2.25. The van der Waals surface area contributed by atoms with Gasteiger partial charge in [0.05, 0.1) is 5.52 Å². The van der Waals surface area contributed by atoms with Crippen LogP contribution in [-0.2, 0) is 0 Å². The third kappa shape index (κ3) is 2.67. The lowest BCUT2D eigenvalue weighted by Crippen LogP contribution is -2.03. The third-order valence-electron chi connectivity index (χ3n) is 3.07. The van der Waals surface area contributed by atoms with E-state index in [1.807, 2.05) is 31.2 Å². The molecule has 5 heteroatoms. The number of anilines is 1. The Balaban J connectivity index is 2.22. The van der Waals surface area contributed by atoms with Crippen LogP contribution in [0, 0.1) is 11.6 Å². The highest BCUT2D eigenvalue weighted by molar-refractivity contribution is 5.90. The van der Waals surface area contributed by atoms with Gasteiger partial charge in [-0.25, -0.2) is 18.7 Å². The SMILES string of the molecule is CCNc1nc(-c2cc(F)cc(F)c2)nc2ccccc12. The van der Waals surface area contributed by atoms with Crippen LogP contribution in [0.4, 0.5) is 14.6 Å². The van der Waals surface area contributed by atoms with E-state index in [1.54, 1.807) is 0 Å². The lowest BCUT2D eigenvalue weighted by Gasteiger charge is -2.09. The fraction of sp³-hybridized carbons (Fsp3) is 0.125. The Hall–Kier alpha value is -2.56. The van der Waals surface area contributed by atoms with Crippen LogP contribution in [0.3, 0.4) is 0 Å². The molecule has 3 aromatic rings. The Morgan fingerprint density at radius 2 is 1.71 bits per heavy atom. The van der Waals surface area contributed by atoms with Gasteiger partial charge in [-0.15, -0.1) is 0 Å². The van der Waals surface area contributed by atoms with Gasteiger partial charge in [-0.05, 0) is 31.2 Å². The summed E-state index contributed by atoms with van der Waals surface area (Å²) in [6.07, 6.45) is 0. The van der Waals surface area contributed by atoms with Crippen LogP contribution < -0.4 is 5.32 Å². The lowest BCUT2D eigenvalue weighted by molar-refractivity contribution is 0.584. The van der Waals surface area contributed by atoms with Crippen LogP contribution >= 0.6 is 0 Å². The van der Waals surface area contributed by atoms with E-state index >= 15 is 0 Å². The largest absolute Gasteiger partial charge is 0.370 e. The van der Waals surface area contributed by atoms with Crippen molar-refractivity contribution in [1.82, 2.24) is 9.97 Å². The zero-order valence-corrected chi connectivity index (χ0v) is 11.4. The maximum atomic E-state index is 13.4. The van der Waals surface area contributed by atoms with Gasteiger partial charge in [-0.1, -0.05) is 12.1 Å². The fourth-order valence-corrected chi connectivity index (χ4v) is 2.19. The van der Waals surface area contributed by atoms with Crippen molar-refractivity contribution in [1.29, 1.82) is 0 Å². The number of hydrogen-bond acceptors (Lipinski definition) is 3. The number of nitrogens with zero attached hydrogens (tertiary/aromatic N) is 2. The second-order valence-electron chi connectivity index (χ2n) is 4.60. The van der Waals surface area contributed by atoms with Crippen molar-refractivity contribution in [2.24, 2.45) is 0 Å². The zero-order chi connectivity index (χ0) is 14.8. The molecule has 106 valence electrons. The third-order valence-corrected chi connectivity index (χ3v) is 3.07. The van der Waals surface area contributed by atoms with Gasteiger partial charge in [0.15, 0.2) is 5.82 Å². The molecule has 1 aromatic heterocycles. The van der Waals surface area contributed by atoms with E-state index < -0.39 is 11.6 Å². The molecule has 2 aromatic carbocycles. The van der Waals surface area contributed by atoms with E-state index in [2.05, 4.69) is 15.3 Å². The molecular weight excluding hydrogens is 272 g/mol. The molecule has 0 bridgehead atoms. The van der Waals surface area contributed by atoms with Crippen LogP contribution in [0.2, 0.25) is 0 Å². The summed E-state index contributed by atoms with van der Waals surface area (Å²) in [5, 5.41) is 4.03. The molecule has 0 spiro atoms. The molecule has 3 rings (SSSR count). The van der Waals surface area contributed by atoms with Crippen LogP contribution in [0.15, 0.2) is 42.5 Å². The van der Waals surface area contributed by atoms with Gasteiger partial charge >= 0.3 is 0 Å². The lowest BCUT2D eigenvalue weighted by atomic mass is 10.1. The Morgan fingerprint density at radius 1 is 1.00 bits per heavy atom. The fourth-order valence-electron chi connectivity index (χ4n) is 2.19. The first-order valence-corrected chi connectivity index (χ1v) is 6.64. The van der Waals surface area contributed by atoms with Crippen molar-refractivity contribution in [3.8, 4) is 11.4 Å². The summed E-state index contributed by atoms with van der Waals surface area (Å²) >= 11 is 0. The van der Waals surface area contributed by atoms with Gasteiger partial charge in [0.1, 0.15) is 17.5 Å². The molecule has 1 N–H and O–H groups in total. The van der Waals surface area contributed by atoms with Gasteiger partial charge in [0, 0.05) is 23.6 Å². The van der Waals surface area contributed by atoms with Gasteiger partial charge in [-0.3, -0.25) is 0 Å². The first-order chi connectivity index (χ1) is 10.2. The zero-order valence-electron chi connectivity index (χ0n) is 11.4. The normalized spacial score (nSPS) is 10.8. The number of aromatic nitrogens is 2.